The van der Waals surface area contributed by atoms with Crippen LogP contribution >= 0.6 is 11.3 Å². The number of anilines is 2. The molecule has 33 heavy (non-hydrogen) atoms. The SMILES string of the molecule is COc1c(NC2CCc3nc(N)sc3C2)nc(C2=CCC=CC=C2)nc1-c1ccc(C)cc1. The summed E-state index contributed by atoms with van der Waals surface area (Å²) in [7, 11) is 1.68. The number of fused-ring (bicyclic) bond motifs is 1. The van der Waals surface area contributed by atoms with Crippen molar-refractivity contribution in [3.63, 3.8) is 0 Å². The first kappa shape index (κ1) is 21.4. The number of aromatic nitrogens is 3. The van der Waals surface area contributed by atoms with E-state index < -0.39 is 0 Å². The van der Waals surface area contributed by atoms with Crippen molar-refractivity contribution in [2.45, 2.75) is 38.6 Å². The molecule has 6 nitrogen and oxygen atoms in total. The number of nitrogens with two attached hydrogens (primary N) is 1. The van der Waals surface area contributed by atoms with E-state index in [1.54, 1.807) is 18.4 Å². The molecule has 0 radical (unpaired) electrons. The molecule has 2 heterocycles. The van der Waals surface area contributed by atoms with Gasteiger partial charge in [-0.05, 0) is 26.2 Å². The van der Waals surface area contributed by atoms with E-state index in [9.17, 15) is 0 Å². The molecule has 1 aromatic carbocycles. The number of nitrogen functional groups attached to an aromatic ring is 1. The van der Waals surface area contributed by atoms with Gasteiger partial charge >= 0.3 is 0 Å². The maximum atomic E-state index is 5.94. The van der Waals surface area contributed by atoms with E-state index in [1.807, 2.05) is 12.2 Å². The lowest BCUT2D eigenvalue weighted by molar-refractivity contribution is 0.413. The first-order valence-corrected chi connectivity index (χ1v) is 12.0. The number of ether oxygens (including phenoxy) is 1. The van der Waals surface area contributed by atoms with Crippen LogP contribution in [0.15, 0.2) is 54.6 Å². The Morgan fingerprint density at radius 2 is 1.97 bits per heavy atom. The van der Waals surface area contributed by atoms with Gasteiger partial charge in [0.25, 0.3) is 0 Å². The van der Waals surface area contributed by atoms with Gasteiger partial charge in [0, 0.05) is 28.5 Å². The highest BCUT2D eigenvalue weighted by atomic mass is 32.1. The van der Waals surface area contributed by atoms with Crippen LogP contribution in [0.4, 0.5) is 10.9 Å². The fourth-order valence-electron chi connectivity index (χ4n) is 4.23. The number of hydrogen-bond donors (Lipinski definition) is 2. The minimum atomic E-state index is 0.222. The predicted octanol–water partition coefficient (Wildman–Crippen LogP) is 5.37. The lowest BCUT2D eigenvalue weighted by Gasteiger charge is -2.25. The van der Waals surface area contributed by atoms with Gasteiger partial charge in [0.05, 0.1) is 12.8 Å². The first-order valence-electron chi connectivity index (χ1n) is 11.2. The standard InChI is InChI=1S/C26H27N5OS/c1-16-9-11-17(12-10-16)22-23(32-2)25(31-24(30-22)18-7-5-3-4-6-8-18)28-19-13-14-20-21(15-19)33-26(27)29-20/h3-5,7-12,19H,6,13-15H2,1-2H3,(H2,27,29)(H,28,30,31). The number of methoxy groups -OCH3 is 1. The number of nitrogens with zero attached hydrogens (tertiary/aromatic N) is 3. The normalized spacial score (nSPS) is 17.3. The topological polar surface area (TPSA) is 86.0 Å². The number of allylic oxidation sites excluding steroid dienone is 6. The number of nitrogens with one attached hydrogen (secondary N) is 1. The molecule has 0 saturated heterocycles. The Hall–Kier alpha value is -3.45. The Morgan fingerprint density at radius 1 is 1.12 bits per heavy atom. The van der Waals surface area contributed by atoms with Crippen molar-refractivity contribution in [1.82, 2.24) is 15.0 Å². The van der Waals surface area contributed by atoms with E-state index in [0.29, 0.717) is 16.7 Å². The molecular weight excluding hydrogens is 430 g/mol. The van der Waals surface area contributed by atoms with Crippen LogP contribution in [0.5, 0.6) is 5.75 Å². The summed E-state index contributed by atoms with van der Waals surface area (Å²) < 4.78 is 5.88. The third-order valence-corrected chi connectivity index (χ3v) is 6.90. The van der Waals surface area contributed by atoms with Gasteiger partial charge in [0.1, 0.15) is 5.69 Å². The van der Waals surface area contributed by atoms with Crippen LogP contribution in [0.2, 0.25) is 0 Å². The second-order valence-corrected chi connectivity index (χ2v) is 9.45. The van der Waals surface area contributed by atoms with Gasteiger partial charge in [-0.15, -0.1) is 11.3 Å². The highest BCUT2D eigenvalue weighted by molar-refractivity contribution is 7.15. The van der Waals surface area contributed by atoms with Crippen molar-refractivity contribution in [3.8, 4) is 17.0 Å². The highest BCUT2D eigenvalue weighted by Crippen LogP contribution is 2.37. The molecule has 2 aliphatic rings. The summed E-state index contributed by atoms with van der Waals surface area (Å²) in [4.78, 5) is 15.6. The molecule has 1 unspecified atom stereocenters. The number of aryl methyl sites for hydroxylation is 2. The van der Waals surface area contributed by atoms with E-state index in [0.717, 1.165) is 54.0 Å². The van der Waals surface area contributed by atoms with Crippen molar-refractivity contribution < 1.29 is 4.74 Å². The Kier molecular flexibility index (Phi) is 5.96. The molecule has 3 N–H and O–H groups in total. The average molecular weight is 458 g/mol. The molecule has 0 saturated carbocycles. The summed E-state index contributed by atoms with van der Waals surface area (Å²) in [6.45, 7) is 2.08. The van der Waals surface area contributed by atoms with Crippen molar-refractivity contribution >= 4 is 27.9 Å². The smallest absolute Gasteiger partial charge is 0.187 e. The van der Waals surface area contributed by atoms with Crippen molar-refractivity contribution in [2.24, 2.45) is 0 Å². The molecule has 0 fully saturated rings. The van der Waals surface area contributed by atoms with Crippen molar-refractivity contribution in [1.29, 1.82) is 0 Å². The summed E-state index contributed by atoms with van der Waals surface area (Å²) in [5.41, 5.74) is 11.1. The molecule has 7 heteroatoms. The minimum Gasteiger partial charge on any atom is -0.491 e. The van der Waals surface area contributed by atoms with Gasteiger partial charge in [-0.1, -0.05) is 60.2 Å². The summed E-state index contributed by atoms with van der Waals surface area (Å²) in [6.07, 6.45) is 14.0. The molecular formula is C26H27N5OS. The Morgan fingerprint density at radius 3 is 2.79 bits per heavy atom. The zero-order chi connectivity index (χ0) is 22.8. The summed E-state index contributed by atoms with van der Waals surface area (Å²) in [6, 6.07) is 8.57. The summed E-state index contributed by atoms with van der Waals surface area (Å²) >= 11 is 1.58. The molecule has 0 bridgehead atoms. The summed E-state index contributed by atoms with van der Waals surface area (Å²) in [5, 5.41) is 4.31. The fourth-order valence-corrected chi connectivity index (χ4v) is 5.19. The number of rotatable bonds is 5. The first-order chi connectivity index (χ1) is 16.1. The van der Waals surface area contributed by atoms with Gasteiger partial charge in [-0.3, -0.25) is 0 Å². The predicted molar refractivity (Wildman–Crippen MR) is 136 cm³/mol. The lowest BCUT2D eigenvalue weighted by Crippen LogP contribution is -2.27. The monoisotopic (exact) mass is 457 g/mol. The van der Waals surface area contributed by atoms with Gasteiger partial charge in [0.2, 0.25) is 0 Å². The van der Waals surface area contributed by atoms with Crippen LogP contribution in [-0.2, 0) is 12.8 Å². The van der Waals surface area contributed by atoms with Crippen LogP contribution < -0.4 is 15.8 Å². The quantitative estimate of drug-likeness (QED) is 0.536. The van der Waals surface area contributed by atoms with Crippen LogP contribution in [0.1, 0.15) is 34.8 Å². The third-order valence-electron chi connectivity index (χ3n) is 5.95. The molecule has 168 valence electrons. The Labute approximate surface area is 198 Å². The van der Waals surface area contributed by atoms with Crippen LogP contribution in [-0.4, -0.2) is 28.1 Å². The molecule has 0 spiro atoms. The van der Waals surface area contributed by atoms with Crippen molar-refractivity contribution in [3.05, 3.63) is 76.6 Å². The van der Waals surface area contributed by atoms with Crippen LogP contribution in [0.3, 0.4) is 0 Å². The number of benzene rings is 1. The molecule has 3 aromatic rings. The maximum absolute atomic E-state index is 5.94. The van der Waals surface area contributed by atoms with Crippen molar-refractivity contribution in [2.75, 3.05) is 18.2 Å². The lowest BCUT2D eigenvalue weighted by atomic mass is 9.97. The Bertz CT molecular complexity index is 1260. The van der Waals surface area contributed by atoms with Crippen LogP contribution in [0, 0.1) is 6.92 Å². The van der Waals surface area contributed by atoms with E-state index in [-0.39, 0.29) is 6.04 Å². The summed E-state index contributed by atoms with van der Waals surface area (Å²) in [5.74, 6) is 2.07. The second kappa shape index (κ2) is 9.19. The third kappa shape index (κ3) is 4.54. The van der Waals surface area contributed by atoms with Gasteiger partial charge in [-0.2, -0.15) is 0 Å². The van der Waals surface area contributed by atoms with Gasteiger partial charge in [0.15, 0.2) is 22.5 Å². The van der Waals surface area contributed by atoms with Gasteiger partial charge < -0.3 is 15.8 Å². The zero-order valence-corrected chi connectivity index (χ0v) is 19.7. The van der Waals surface area contributed by atoms with E-state index in [1.165, 1.54) is 10.4 Å². The fraction of sp³-hybridized carbons (Fsp3) is 0.269. The number of thiazole rings is 1. The van der Waals surface area contributed by atoms with E-state index in [2.05, 4.69) is 59.7 Å². The van der Waals surface area contributed by atoms with E-state index in [4.69, 9.17) is 20.4 Å². The molecule has 0 aliphatic heterocycles. The second-order valence-electron chi connectivity index (χ2n) is 8.33. The highest BCUT2D eigenvalue weighted by Gasteiger charge is 2.25. The van der Waals surface area contributed by atoms with Gasteiger partial charge in [-0.25, -0.2) is 15.0 Å². The Balaban J connectivity index is 1.56. The minimum absolute atomic E-state index is 0.222. The van der Waals surface area contributed by atoms with Crippen LogP contribution in [0.25, 0.3) is 16.8 Å². The number of hydrogen-bond acceptors (Lipinski definition) is 7. The zero-order valence-electron chi connectivity index (χ0n) is 18.8. The largest absolute Gasteiger partial charge is 0.491 e. The molecule has 2 aromatic heterocycles. The average Bonchev–Trinajstić information content (AvgIpc) is 3.00. The van der Waals surface area contributed by atoms with E-state index >= 15 is 0 Å². The molecule has 5 rings (SSSR count). The molecule has 0 amide bonds. The molecule has 1 atom stereocenters. The molecule has 2 aliphatic carbocycles. The maximum Gasteiger partial charge on any atom is 0.187 e.